The fourth-order valence-electron chi connectivity index (χ4n) is 2.68. The van der Waals surface area contributed by atoms with Crippen molar-refractivity contribution in [3.63, 3.8) is 0 Å². The Kier molecular flexibility index (Phi) is 5.46. The summed E-state index contributed by atoms with van der Waals surface area (Å²) in [5.41, 5.74) is 3.31. The average molecular weight is 388 g/mol. The minimum absolute atomic E-state index is 0.0394. The molecule has 0 fully saturated rings. The van der Waals surface area contributed by atoms with E-state index in [1.807, 2.05) is 32.0 Å². The number of nitrogens with zero attached hydrogens (tertiary/aromatic N) is 2. The van der Waals surface area contributed by atoms with Crippen LogP contribution in [0.25, 0.3) is 0 Å². The van der Waals surface area contributed by atoms with Crippen LogP contribution in [-0.2, 0) is 6.54 Å². The maximum atomic E-state index is 13.4. The first-order chi connectivity index (χ1) is 12.9. The number of aryl methyl sites for hydroxylation is 1. The molecular weight excluding hydrogens is 369 g/mol. The summed E-state index contributed by atoms with van der Waals surface area (Å²) in [5.74, 6) is -0.00515. The molecule has 27 heavy (non-hydrogen) atoms. The molecule has 140 valence electrons. The maximum Gasteiger partial charge on any atom is 0.316 e. The molecule has 3 aromatic rings. The molecule has 0 atom stereocenters. The van der Waals surface area contributed by atoms with E-state index in [0.29, 0.717) is 12.5 Å². The number of halogens is 2. The van der Waals surface area contributed by atoms with Crippen molar-refractivity contribution in [3.8, 4) is 5.75 Å². The number of ether oxygens (including phenoxy) is 1. The zero-order valence-corrected chi connectivity index (χ0v) is 16.0. The third-order valence-electron chi connectivity index (χ3n) is 4.37. The Morgan fingerprint density at radius 3 is 2.74 bits per heavy atom. The highest BCUT2D eigenvalue weighted by Gasteiger charge is 2.12. The van der Waals surface area contributed by atoms with Crippen molar-refractivity contribution in [2.75, 3.05) is 12.4 Å². The second kappa shape index (κ2) is 7.80. The van der Waals surface area contributed by atoms with Crippen LogP contribution in [0.15, 0.2) is 47.4 Å². The number of aromatic nitrogens is 2. The van der Waals surface area contributed by atoms with Crippen LogP contribution < -0.4 is 15.6 Å². The topological polar surface area (TPSA) is 56.1 Å². The van der Waals surface area contributed by atoms with Gasteiger partial charge in [0.15, 0.2) is 0 Å². The summed E-state index contributed by atoms with van der Waals surface area (Å²) < 4.78 is 20.3. The van der Waals surface area contributed by atoms with Gasteiger partial charge in [0.1, 0.15) is 5.82 Å². The fraction of sp³-hybridized carbons (Fsp3) is 0.200. The Balaban J connectivity index is 2.04. The third-order valence-corrected chi connectivity index (χ3v) is 4.66. The highest BCUT2D eigenvalue weighted by molar-refractivity contribution is 6.30. The van der Waals surface area contributed by atoms with Gasteiger partial charge in [-0.25, -0.2) is 4.39 Å². The summed E-state index contributed by atoms with van der Waals surface area (Å²) in [5, 5.41) is 3.25. The van der Waals surface area contributed by atoms with Crippen molar-refractivity contribution >= 4 is 23.2 Å². The van der Waals surface area contributed by atoms with Gasteiger partial charge in [0.25, 0.3) is 0 Å². The minimum Gasteiger partial charge on any atom is -0.490 e. The van der Waals surface area contributed by atoms with Crippen molar-refractivity contribution in [2.24, 2.45) is 0 Å². The highest BCUT2D eigenvalue weighted by Crippen LogP contribution is 2.23. The quantitative estimate of drug-likeness (QED) is 0.702. The van der Waals surface area contributed by atoms with E-state index in [1.165, 1.54) is 13.2 Å². The highest BCUT2D eigenvalue weighted by atomic mass is 35.5. The molecule has 1 aromatic heterocycles. The Hall–Kier alpha value is -2.86. The molecule has 0 amide bonds. The standard InChI is InChI=1S/C20H19ClFN3O2/c1-12-5-4-6-17(13(12)2)23-20-24-19(26)18(27-3)11-25(20)10-14-7-8-16(22)15(21)9-14/h4-9,11H,10H2,1-3H3,(H,23,24,26). The van der Waals surface area contributed by atoms with Crippen molar-refractivity contribution in [1.29, 1.82) is 0 Å². The van der Waals surface area contributed by atoms with Crippen LogP contribution >= 0.6 is 11.6 Å². The molecule has 0 bridgehead atoms. The van der Waals surface area contributed by atoms with Gasteiger partial charge in [0, 0.05) is 5.69 Å². The summed E-state index contributed by atoms with van der Waals surface area (Å²) in [6, 6.07) is 10.3. The SMILES string of the molecule is COc1cn(Cc2ccc(F)c(Cl)c2)c(Nc2cccc(C)c2C)nc1=O. The second-order valence-corrected chi connectivity index (χ2v) is 6.59. The summed E-state index contributed by atoms with van der Waals surface area (Å²) >= 11 is 5.88. The van der Waals surface area contributed by atoms with Gasteiger partial charge in [-0.15, -0.1) is 0 Å². The van der Waals surface area contributed by atoms with E-state index in [4.69, 9.17) is 16.3 Å². The molecule has 0 aliphatic heterocycles. The van der Waals surface area contributed by atoms with E-state index in [1.54, 1.807) is 22.9 Å². The van der Waals surface area contributed by atoms with Gasteiger partial charge in [-0.1, -0.05) is 29.8 Å². The largest absolute Gasteiger partial charge is 0.490 e. The van der Waals surface area contributed by atoms with E-state index >= 15 is 0 Å². The normalized spacial score (nSPS) is 10.7. The number of benzene rings is 2. The smallest absolute Gasteiger partial charge is 0.316 e. The van der Waals surface area contributed by atoms with Crippen molar-refractivity contribution in [3.05, 3.63) is 80.5 Å². The van der Waals surface area contributed by atoms with Crippen LogP contribution in [0.1, 0.15) is 16.7 Å². The first kappa shape index (κ1) is 18.9. The summed E-state index contributed by atoms with van der Waals surface area (Å²) in [4.78, 5) is 16.3. The summed E-state index contributed by atoms with van der Waals surface area (Å²) in [6.45, 7) is 4.33. The van der Waals surface area contributed by atoms with E-state index in [2.05, 4.69) is 10.3 Å². The van der Waals surface area contributed by atoms with Crippen LogP contribution in [-0.4, -0.2) is 16.7 Å². The first-order valence-electron chi connectivity index (χ1n) is 8.31. The minimum atomic E-state index is -0.482. The first-order valence-corrected chi connectivity index (χ1v) is 8.69. The second-order valence-electron chi connectivity index (χ2n) is 6.19. The lowest BCUT2D eigenvalue weighted by Crippen LogP contribution is -2.19. The van der Waals surface area contributed by atoms with Gasteiger partial charge in [-0.3, -0.25) is 4.79 Å². The number of methoxy groups -OCH3 is 1. The molecule has 0 aliphatic rings. The Morgan fingerprint density at radius 1 is 1.26 bits per heavy atom. The summed E-state index contributed by atoms with van der Waals surface area (Å²) in [6.07, 6.45) is 1.57. The van der Waals surface area contributed by atoms with E-state index in [0.717, 1.165) is 22.4 Å². The predicted molar refractivity (Wildman–Crippen MR) is 105 cm³/mol. The van der Waals surface area contributed by atoms with Gasteiger partial charge >= 0.3 is 5.56 Å². The number of rotatable bonds is 5. The molecule has 0 saturated carbocycles. The van der Waals surface area contributed by atoms with Crippen molar-refractivity contribution in [2.45, 2.75) is 20.4 Å². The molecular formula is C20H19ClFN3O2. The molecule has 0 unspecified atom stereocenters. The predicted octanol–water partition coefficient (Wildman–Crippen LogP) is 4.45. The molecule has 5 nitrogen and oxygen atoms in total. The molecule has 0 saturated heterocycles. The zero-order chi connectivity index (χ0) is 19.6. The van der Waals surface area contributed by atoms with Crippen LogP contribution in [0.4, 0.5) is 16.0 Å². The van der Waals surface area contributed by atoms with Gasteiger partial charge in [0.05, 0.1) is 24.9 Å². The molecule has 2 aromatic carbocycles. The zero-order valence-electron chi connectivity index (χ0n) is 15.2. The molecule has 0 radical (unpaired) electrons. The molecule has 0 spiro atoms. The summed E-state index contributed by atoms with van der Waals surface area (Å²) in [7, 11) is 1.41. The number of anilines is 2. The maximum absolute atomic E-state index is 13.4. The third kappa shape index (κ3) is 4.11. The Bertz CT molecular complexity index is 1050. The van der Waals surface area contributed by atoms with Crippen LogP contribution in [0, 0.1) is 19.7 Å². The van der Waals surface area contributed by atoms with Gasteiger partial charge in [-0.2, -0.15) is 4.98 Å². The Labute approximate surface area is 161 Å². The fourth-order valence-corrected chi connectivity index (χ4v) is 2.88. The lowest BCUT2D eigenvalue weighted by Gasteiger charge is -2.17. The van der Waals surface area contributed by atoms with Crippen LogP contribution in [0.2, 0.25) is 5.02 Å². The monoisotopic (exact) mass is 387 g/mol. The van der Waals surface area contributed by atoms with Gasteiger partial charge in [0.2, 0.25) is 11.7 Å². The van der Waals surface area contributed by atoms with E-state index < -0.39 is 11.4 Å². The number of hydrogen-bond donors (Lipinski definition) is 1. The lowest BCUT2D eigenvalue weighted by atomic mass is 10.1. The molecule has 1 N–H and O–H groups in total. The molecule has 0 aliphatic carbocycles. The molecule has 1 heterocycles. The van der Waals surface area contributed by atoms with E-state index in [9.17, 15) is 9.18 Å². The van der Waals surface area contributed by atoms with Gasteiger partial charge < -0.3 is 14.6 Å². The lowest BCUT2D eigenvalue weighted by molar-refractivity contribution is 0.402. The Morgan fingerprint density at radius 2 is 2.04 bits per heavy atom. The average Bonchev–Trinajstić information content (AvgIpc) is 2.64. The van der Waals surface area contributed by atoms with Crippen molar-refractivity contribution < 1.29 is 9.13 Å². The van der Waals surface area contributed by atoms with E-state index in [-0.39, 0.29) is 10.8 Å². The molecule has 7 heteroatoms. The van der Waals surface area contributed by atoms with Crippen LogP contribution in [0.3, 0.4) is 0 Å². The number of hydrogen-bond acceptors (Lipinski definition) is 4. The van der Waals surface area contributed by atoms with Crippen LogP contribution in [0.5, 0.6) is 5.75 Å². The molecule has 3 rings (SSSR count). The van der Waals surface area contributed by atoms with Crippen molar-refractivity contribution in [1.82, 2.24) is 9.55 Å². The van der Waals surface area contributed by atoms with Gasteiger partial charge in [-0.05, 0) is 48.7 Å². The number of nitrogens with one attached hydrogen (secondary N) is 1.